The lowest BCUT2D eigenvalue weighted by molar-refractivity contribution is 0.0813. The molecule has 1 aromatic heterocycles. The van der Waals surface area contributed by atoms with Crippen LogP contribution in [0.4, 0.5) is 0 Å². The standard InChI is InChI=1S/C25H28Cl2N4O2/c1-13-14(2)24(6-5-22(13)31-15(3)28-29-16(31)4)33-25-20-9-17(26)10-21(27)19(20)11-23(25)30-8-7-18(32)12-30/h5-6,9-10,18,23,25,32H,7-8,11-12H2,1-4H3/t18-,23+,25-/m1/s1. The second-order valence-electron chi connectivity index (χ2n) is 9.17. The molecular formula is C25H28Cl2N4O2. The quantitative estimate of drug-likeness (QED) is 0.566. The maximum atomic E-state index is 10.2. The molecule has 0 spiro atoms. The molecule has 2 aliphatic rings. The van der Waals surface area contributed by atoms with Gasteiger partial charge in [-0.05, 0) is 81.5 Å². The van der Waals surface area contributed by atoms with Crippen molar-refractivity contribution in [1.82, 2.24) is 19.7 Å². The van der Waals surface area contributed by atoms with Crippen LogP contribution in [0.1, 0.15) is 46.4 Å². The number of aryl methyl sites for hydroxylation is 2. The second kappa shape index (κ2) is 8.58. The number of aliphatic hydroxyl groups excluding tert-OH is 1. The fraction of sp³-hybridized carbons (Fsp3) is 0.440. The van der Waals surface area contributed by atoms with Crippen LogP contribution < -0.4 is 4.74 Å². The van der Waals surface area contributed by atoms with Gasteiger partial charge in [0, 0.05) is 28.7 Å². The molecule has 1 N–H and O–H groups in total. The van der Waals surface area contributed by atoms with E-state index in [1.54, 1.807) is 6.07 Å². The van der Waals surface area contributed by atoms with Crippen LogP contribution in [-0.4, -0.2) is 50.0 Å². The lowest BCUT2D eigenvalue weighted by Crippen LogP contribution is -2.39. The van der Waals surface area contributed by atoms with Crippen molar-refractivity contribution in [1.29, 1.82) is 0 Å². The van der Waals surface area contributed by atoms with Crippen molar-refractivity contribution in [3.05, 3.63) is 68.2 Å². The van der Waals surface area contributed by atoms with Gasteiger partial charge < -0.3 is 9.84 Å². The summed E-state index contributed by atoms with van der Waals surface area (Å²) in [4.78, 5) is 2.32. The molecule has 5 rings (SSSR count). The fourth-order valence-corrected chi connectivity index (χ4v) is 5.84. The smallest absolute Gasteiger partial charge is 0.140 e. The first-order valence-electron chi connectivity index (χ1n) is 11.3. The van der Waals surface area contributed by atoms with Gasteiger partial charge in [-0.15, -0.1) is 10.2 Å². The van der Waals surface area contributed by atoms with Crippen LogP contribution in [-0.2, 0) is 6.42 Å². The van der Waals surface area contributed by atoms with E-state index in [-0.39, 0.29) is 18.2 Å². The number of aromatic nitrogens is 3. The Morgan fingerprint density at radius 3 is 2.42 bits per heavy atom. The zero-order valence-electron chi connectivity index (χ0n) is 19.3. The van der Waals surface area contributed by atoms with E-state index in [1.165, 1.54) is 0 Å². The van der Waals surface area contributed by atoms with E-state index in [0.717, 1.165) is 64.7 Å². The van der Waals surface area contributed by atoms with Crippen LogP contribution in [0.2, 0.25) is 10.0 Å². The highest BCUT2D eigenvalue weighted by atomic mass is 35.5. The van der Waals surface area contributed by atoms with Crippen molar-refractivity contribution in [2.45, 2.75) is 58.8 Å². The number of benzene rings is 2. The van der Waals surface area contributed by atoms with Gasteiger partial charge in [0.15, 0.2) is 0 Å². The number of halogens is 2. The van der Waals surface area contributed by atoms with E-state index in [0.29, 0.717) is 16.6 Å². The summed E-state index contributed by atoms with van der Waals surface area (Å²) in [6, 6.07) is 7.96. The fourth-order valence-electron chi connectivity index (χ4n) is 5.25. The molecular weight excluding hydrogens is 459 g/mol. The Hall–Kier alpha value is -2.12. The van der Waals surface area contributed by atoms with Crippen LogP contribution in [0.5, 0.6) is 5.75 Å². The maximum absolute atomic E-state index is 10.2. The average Bonchev–Trinajstić information content (AvgIpc) is 3.44. The van der Waals surface area contributed by atoms with E-state index >= 15 is 0 Å². The Balaban J connectivity index is 1.53. The van der Waals surface area contributed by atoms with Crippen molar-refractivity contribution >= 4 is 23.2 Å². The zero-order valence-corrected chi connectivity index (χ0v) is 20.8. The highest BCUT2D eigenvalue weighted by molar-refractivity contribution is 6.35. The van der Waals surface area contributed by atoms with Crippen LogP contribution in [0.15, 0.2) is 24.3 Å². The lowest BCUT2D eigenvalue weighted by Gasteiger charge is -2.30. The number of hydrogen-bond donors (Lipinski definition) is 1. The van der Waals surface area contributed by atoms with Gasteiger partial charge in [0.1, 0.15) is 23.5 Å². The Morgan fingerprint density at radius 2 is 1.76 bits per heavy atom. The van der Waals surface area contributed by atoms with Crippen molar-refractivity contribution in [3.8, 4) is 11.4 Å². The van der Waals surface area contributed by atoms with Crippen LogP contribution in [0.3, 0.4) is 0 Å². The first kappa shape index (κ1) is 22.7. The molecule has 0 saturated carbocycles. The molecule has 1 aliphatic carbocycles. The van der Waals surface area contributed by atoms with E-state index in [9.17, 15) is 5.11 Å². The summed E-state index contributed by atoms with van der Waals surface area (Å²) < 4.78 is 8.80. The first-order valence-corrected chi connectivity index (χ1v) is 12.1. The predicted molar refractivity (Wildman–Crippen MR) is 130 cm³/mol. The van der Waals surface area contributed by atoms with Gasteiger partial charge in [-0.25, -0.2) is 0 Å². The minimum absolute atomic E-state index is 0.0924. The van der Waals surface area contributed by atoms with Crippen LogP contribution in [0.25, 0.3) is 5.69 Å². The van der Waals surface area contributed by atoms with Gasteiger partial charge in [0.05, 0.1) is 17.8 Å². The van der Waals surface area contributed by atoms with E-state index < -0.39 is 0 Å². The Labute approximate surface area is 204 Å². The van der Waals surface area contributed by atoms with E-state index in [4.69, 9.17) is 27.9 Å². The van der Waals surface area contributed by atoms with Crippen LogP contribution >= 0.6 is 23.2 Å². The number of fused-ring (bicyclic) bond motifs is 1. The average molecular weight is 487 g/mol. The topological polar surface area (TPSA) is 63.4 Å². The number of ether oxygens (including phenoxy) is 1. The number of aliphatic hydroxyl groups is 1. The monoisotopic (exact) mass is 486 g/mol. The predicted octanol–water partition coefficient (Wildman–Crippen LogP) is 4.92. The van der Waals surface area contributed by atoms with Crippen molar-refractivity contribution < 1.29 is 9.84 Å². The van der Waals surface area contributed by atoms with Gasteiger partial charge in [0.25, 0.3) is 0 Å². The van der Waals surface area contributed by atoms with Gasteiger partial charge in [-0.2, -0.15) is 0 Å². The summed E-state index contributed by atoms with van der Waals surface area (Å²) in [5.74, 6) is 2.54. The van der Waals surface area contributed by atoms with E-state index in [2.05, 4.69) is 39.6 Å². The zero-order chi connectivity index (χ0) is 23.4. The lowest BCUT2D eigenvalue weighted by atomic mass is 10.1. The largest absolute Gasteiger partial charge is 0.484 e. The molecule has 3 aromatic rings. The summed E-state index contributed by atoms with van der Waals surface area (Å²) in [6.07, 6.45) is 1.03. The molecule has 1 fully saturated rings. The highest BCUT2D eigenvalue weighted by Crippen LogP contribution is 2.44. The molecule has 0 bridgehead atoms. The van der Waals surface area contributed by atoms with Gasteiger partial charge in [-0.1, -0.05) is 23.2 Å². The third-order valence-electron chi connectivity index (χ3n) is 7.12. The molecule has 2 aromatic carbocycles. The Bertz CT molecular complexity index is 1210. The van der Waals surface area contributed by atoms with Gasteiger partial charge in [-0.3, -0.25) is 9.47 Å². The first-order chi connectivity index (χ1) is 15.7. The SMILES string of the molecule is Cc1c(O[C@@H]2c3cc(Cl)cc(Cl)c3C[C@@H]2N2CC[C@@H](O)C2)ccc(-n2c(C)nnc2C)c1C. The summed E-state index contributed by atoms with van der Waals surface area (Å²) in [5, 5.41) is 19.8. The molecule has 3 atom stereocenters. The normalized spacial score (nSPS) is 22.7. The number of nitrogens with zero attached hydrogens (tertiary/aromatic N) is 4. The number of likely N-dealkylation sites (tertiary alicyclic amines) is 1. The summed E-state index contributed by atoms with van der Waals surface area (Å²) in [7, 11) is 0. The van der Waals surface area contributed by atoms with Crippen molar-refractivity contribution in [3.63, 3.8) is 0 Å². The Morgan fingerprint density at radius 1 is 1.03 bits per heavy atom. The summed E-state index contributed by atoms with van der Waals surface area (Å²) >= 11 is 13.0. The number of rotatable bonds is 4. The van der Waals surface area contributed by atoms with Gasteiger partial charge >= 0.3 is 0 Å². The summed E-state index contributed by atoms with van der Waals surface area (Å²) in [5.41, 5.74) is 5.36. The molecule has 0 amide bonds. The molecule has 2 heterocycles. The molecule has 1 aliphatic heterocycles. The minimum Gasteiger partial charge on any atom is -0.484 e. The second-order valence-corrected chi connectivity index (χ2v) is 10.0. The highest BCUT2D eigenvalue weighted by Gasteiger charge is 2.42. The Kier molecular flexibility index (Phi) is 5.90. The molecule has 174 valence electrons. The third-order valence-corrected chi connectivity index (χ3v) is 7.67. The third kappa shape index (κ3) is 3.93. The van der Waals surface area contributed by atoms with Crippen LogP contribution in [0, 0.1) is 27.7 Å². The molecule has 0 radical (unpaired) electrons. The molecule has 1 saturated heterocycles. The molecule has 33 heavy (non-hydrogen) atoms. The van der Waals surface area contributed by atoms with Crippen molar-refractivity contribution in [2.75, 3.05) is 13.1 Å². The minimum atomic E-state index is -0.299. The van der Waals surface area contributed by atoms with Gasteiger partial charge in [0.2, 0.25) is 0 Å². The number of β-amino-alcohol motifs (C(OH)–C–C–N with tert-alkyl or cyclic N) is 1. The molecule has 8 heteroatoms. The van der Waals surface area contributed by atoms with Crippen molar-refractivity contribution in [2.24, 2.45) is 0 Å². The molecule has 0 unspecified atom stereocenters. The summed E-state index contributed by atoms with van der Waals surface area (Å²) in [6.45, 7) is 9.58. The van der Waals surface area contributed by atoms with E-state index in [1.807, 2.05) is 26.0 Å². The maximum Gasteiger partial charge on any atom is 0.140 e. The molecule has 6 nitrogen and oxygen atoms in total. The number of hydrogen-bond acceptors (Lipinski definition) is 5.